The zero-order valence-electron chi connectivity index (χ0n) is 10.2. The molecule has 0 atom stereocenters. The van der Waals surface area contributed by atoms with Crippen LogP contribution in [-0.4, -0.2) is 15.9 Å². The van der Waals surface area contributed by atoms with E-state index in [1.165, 1.54) is 19.3 Å². The van der Waals surface area contributed by atoms with Gasteiger partial charge in [-0.25, -0.2) is 9.97 Å². The molecule has 0 unspecified atom stereocenters. The molecule has 2 rings (SSSR count). The second kappa shape index (κ2) is 5.60. The SMILES string of the molecule is CC(=O)Nc1cccc(Nc2nccnc2C#N)c1. The van der Waals surface area contributed by atoms with Gasteiger partial charge in [-0.1, -0.05) is 6.07 Å². The Morgan fingerprint density at radius 2 is 2.00 bits per heavy atom. The summed E-state index contributed by atoms with van der Waals surface area (Å²) in [5, 5.41) is 14.6. The minimum atomic E-state index is -0.144. The van der Waals surface area contributed by atoms with Gasteiger partial charge in [0.15, 0.2) is 11.5 Å². The van der Waals surface area contributed by atoms with E-state index in [4.69, 9.17) is 5.26 Å². The van der Waals surface area contributed by atoms with E-state index in [0.29, 0.717) is 17.2 Å². The number of hydrogen-bond acceptors (Lipinski definition) is 5. The van der Waals surface area contributed by atoms with Gasteiger partial charge in [-0.05, 0) is 18.2 Å². The molecule has 0 saturated heterocycles. The molecule has 19 heavy (non-hydrogen) atoms. The lowest BCUT2D eigenvalue weighted by Crippen LogP contribution is -2.06. The van der Waals surface area contributed by atoms with Crippen molar-refractivity contribution in [1.82, 2.24) is 9.97 Å². The van der Waals surface area contributed by atoms with Crippen LogP contribution in [0.2, 0.25) is 0 Å². The second-order valence-corrected chi connectivity index (χ2v) is 3.75. The van der Waals surface area contributed by atoms with Crippen LogP contribution in [0.4, 0.5) is 17.2 Å². The summed E-state index contributed by atoms with van der Waals surface area (Å²) in [5.41, 5.74) is 1.59. The van der Waals surface area contributed by atoms with Gasteiger partial charge in [-0.3, -0.25) is 4.79 Å². The number of nitrogens with one attached hydrogen (secondary N) is 2. The highest BCUT2D eigenvalue weighted by atomic mass is 16.1. The molecule has 6 heteroatoms. The van der Waals surface area contributed by atoms with Gasteiger partial charge >= 0.3 is 0 Å². The Balaban J connectivity index is 2.24. The number of rotatable bonds is 3. The van der Waals surface area contributed by atoms with E-state index in [1.54, 1.807) is 24.3 Å². The van der Waals surface area contributed by atoms with Crippen LogP contribution in [0.3, 0.4) is 0 Å². The lowest BCUT2D eigenvalue weighted by Gasteiger charge is -2.08. The number of hydrogen-bond donors (Lipinski definition) is 2. The molecule has 0 aliphatic heterocycles. The molecule has 1 amide bonds. The standard InChI is InChI=1S/C13H11N5O/c1-9(19)17-10-3-2-4-11(7-10)18-13-12(8-14)15-5-6-16-13/h2-7H,1H3,(H,16,18)(H,17,19). The van der Waals surface area contributed by atoms with Crippen LogP contribution in [0.15, 0.2) is 36.7 Å². The summed E-state index contributed by atoms with van der Waals surface area (Å²) >= 11 is 0. The van der Waals surface area contributed by atoms with Gasteiger partial charge < -0.3 is 10.6 Å². The first-order chi connectivity index (χ1) is 9.19. The zero-order valence-corrected chi connectivity index (χ0v) is 10.2. The minimum Gasteiger partial charge on any atom is -0.338 e. The molecule has 0 fully saturated rings. The number of nitrogens with zero attached hydrogens (tertiary/aromatic N) is 3. The van der Waals surface area contributed by atoms with Crippen LogP contribution in [-0.2, 0) is 4.79 Å². The molecule has 0 radical (unpaired) electrons. The topological polar surface area (TPSA) is 90.7 Å². The third-order valence-corrected chi connectivity index (χ3v) is 2.25. The Labute approximate surface area is 110 Å². The third kappa shape index (κ3) is 3.26. The Hall–Kier alpha value is -2.94. The monoisotopic (exact) mass is 253 g/mol. The van der Waals surface area contributed by atoms with Crippen LogP contribution in [0.5, 0.6) is 0 Å². The molecule has 0 aliphatic rings. The fraction of sp³-hybridized carbons (Fsp3) is 0.0769. The molecule has 2 aromatic rings. The van der Waals surface area contributed by atoms with Crippen molar-refractivity contribution in [2.45, 2.75) is 6.92 Å². The molecule has 6 nitrogen and oxygen atoms in total. The predicted molar refractivity (Wildman–Crippen MR) is 70.8 cm³/mol. The van der Waals surface area contributed by atoms with Crippen LogP contribution in [0.1, 0.15) is 12.6 Å². The molecule has 1 heterocycles. The maximum absolute atomic E-state index is 11.0. The Morgan fingerprint density at radius 3 is 2.74 bits per heavy atom. The van der Waals surface area contributed by atoms with Gasteiger partial charge in [0.25, 0.3) is 0 Å². The molecule has 1 aromatic heterocycles. The van der Waals surface area contributed by atoms with E-state index >= 15 is 0 Å². The number of benzene rings is 1. The fourth-order valence-corrected chi connectivity index (χ4v) is 1.53. The first kappa shape index (κ1) is 12.5. The van der Waals surface area contributed by atoms with Crippen molar-refractivity contribution in [3.63, 3.8) is 0 Å². The van der Waals surface area contributed by atoms with Crippen molar-refractivity contribution in [3.05, 3.63) is 42.4 Å². The predicted octanol–water partition coefficient (Wildman–Crippen LogP) is 2.05. The molecule has 1 aromatic carbocycles. The highest BCUT2D eigenvalue weighted by molar-refractivity contribution is 5.89. The van der Waals surface area contributed by atoms with Crippen LogP contribution < -0.4 is 10.6 Å². The van der Waals surface area contributed by atoms with Crippen molar-refractivity contribution in [2.75, 3.05) is 10.6 Å². The van der Waals surface area contributed by atoms with Crippen molar-refractivity contribution >= 4 is 23.1 Å². The van der Waals surface area contributed by atoms with Gasteiger partial charge in [-0.2, -0.15) is 5.26 Å². The first-order valence-electron chi connectivity index (χ1n) is 5.55. The van der Waals surface area contributed by atoms with Gasteiger partial charge in [0.1, 0.15) is 6.07 Å². The van der Waals surface area contributed by atoms with Crippen LogP contribution >= 0.6 is 0 Å². The van der Waals surface area contributed by atoms with E-state index in [-0.39, 0.29) is 11.6 Å². The van der Waals surface area contributed by atoms with E-state index in [1.807, 2.05) is 6.07 Å². The largest absolute Gasteiger partial charge is 0.338 e. The number of aromatic nitrogens is 2. The van der Waals surface area contributed by atoms with Crippen molar-refractivity contribution in [1.29, 1.82) is 5.26 Å². The maximum atomic E-state index is 11.0. The van der Waals surface area contributed by atoms with Gasteiger partial charge in [0.2, 0.25) is 5.91 Å². The summed E-state index contributed by atoms with van der Waals surface area (Å²) in [6, 6.07) is 9.07. The highest BCUT2D eigenvalue weighted by Gasteiger charge is 2.05. The Kier molecular flexibility index (Phi) is 3.69. The fourth-order valence-electron chi connectivity index (χ4n) is 1.53. The summed E-state index contributed by atoms with van der Waals surface area (Å²) in [6.07, 6.45) is 2.96. The summed E-state index contributed by atoms with van der Waals surface area (Å²) in [7, 11) is 0. The van der Waals surface area contributed by atoms with Gasteiger partial charge in [-0.15, -0.1) is 0 Å². The van der Waals surface area contributed by atoms with E-state index < -0.39 is 0 Å². The molecule has 0 saturated carbocycles. The summed E-state index contributed by atoms with van der Waals surface area (Å²) < 4.78 is 0. The number of anilines is 3. The average Bonchev–Trinajstić information content (AvgIpc) is 2.39. The maximum Gasteiger partial charge on any atom is 0.221 e. The lowest BCUT2D eigenvalue weighted by atomic mass is 10.2. The molecule has 0 aliphatic carbocycles. The zero-order chi connectivity index (χ0) is 13.7. The smallest absolute Gasteiger partial charge is 0.221 e. The normalized spacial score (nSPS) is 9.47. The Bertz CT molecular complexity index is 647. The molecule has 94 valence electrons. The Morgan fingerprint density at radius 1 is 1.26 bits per heavy atom. The average molecular weight is 253 g/mol. The van der Waals surface area contributed by atoms with Crippen LogP contribution in [0, 0.1) is 11.3 Å². The summed E-state index contributed by atoms with van der Waals surface area (Å²) in [4.78, 5) is 18.9. The van der Waals surface area contributed by atoms with Crippen molar-refractivity contribution in [2.24, 2.45) is 0 Å². The third-order valence-electron chi connectivity index (χ3n) is 2.25. The molecular weight excluding hydrogens is 242 g/mol. The molecular formula is C13H11N5O. The summed E-state index contributed by atoms with van der Waals surface area (Å²) in [5.74, 6) is 0.236. The van der Waals surface area contributed by atoms with Gasteiger partial charge in [0.05, 0.1) is 0 Å². The molecule has 2 N–H and O–H groups in total. The van der Waals surface area contributed by atoms with Crippen LogP contribution in [0.25, 0.3) is 0 Å². The van der Waals surface area contributed by atoms with Crippen molar-refractivity contribution in [3.8, 4) is 6.07 Å². The number of carbonyl (C=O) groups excluding carboxylic acids is 1. The second-order valence-electron chi connectivity index (χ2n) is 3.75. The molecule has 0 spiro atoms. The highest BCUT2D eigenvalue weighted by Crippen LogP contribution is 2.19. The van der Waals surface area contributed by atoms with Gasteiger partial charge in [0, 0.05) is 30.7 Å². The number of carbonyl (C=O) groups is 1. The van der Waals surface area contributed by atoms with E-state index in [2.05, 4.69) is 20.6 Å². The number of amides is 1. The van der Waals surface area contributed by atoms with E-state index in [0.717, 1.165) is 0 Å². The summed E-state index contributed by atoms with van der Waals surface area (Å²) in [6.45, 7) is 1.44. The number of nitriles is 1. The van der Waals surface area contributed by atoms with E-state index in [9.17, 15) is 4.79 Å². The minimum absolute atomic E-state index is 0.144. The molecule has 0 bridgehead atoms. The van der Waals surface area contributed by atoms with Crippen molar-refractivity contribution < 1.29 is 4.79 Å². The lowest BCUT2D eigenvalue weighted by molar-refractivity contribution is -0.114. The first-order valence-corrected chi connectivity index (χ1v) is 5.55. The quantitative estimate of drug-likeness (QED) is 0.873.